The topological polar surface area (TPSA) is 122 Å². The van der Waals surface area contributed by atoms with Crippen molar-refractivity contribution >= 4 is 67.2 Å². The average Bonchev–Trinajstić information content (AvgIpc) is 3.54. The summed E-state index contributed by atoms with van der Waals surface area (Å²) >= 11 is 8.19. The van der Waals surface area contributed by atoms with Gasteiger partial charge in [-0.1, -0.05) is 35.1 Å². The summed E-state index contributed by atoms with van der Waals surface area (Å²) in [6, 6.07) is 7.32. The number of hydrogen-bond donors (Lipinski definition) is 1. The molecule has 2 aromatic carbocycles. The van der Waals surface area contributed by atoms with Crippen LogP contribution in [0.4, 0.5) is 24.9 Å². The Kier molecular flexibility index (Phi) is 10.5. The molecule has 0 bridgehead atoms. The number of nitrogens with one attached hydrogen (secondary N) is 1. The number of nitrogens with zero attached hydrogens (tertiary/aromatic N) is 6. The summed E-state index contributed by atoms with van der Waals surface area (Å²) in [7, 11) is 2.06. The van der Waals surface area contributed by atoms with Crippen LogP contribution in [-0.4, -0.2) is 101 Å². The van der Waals surface area contributed by atoms with Crippen molar-refractivity contribution in [3.63, 3.8) is 0 Å². The van der Waals surface area contributed by atoms with Crippen molar-refractivity contribution in [1.29, 1.82) is 0 Å². The van der Waals surface area contributed by atoms with Crippen LogP contribution < -0.4 is 15.0 Å². The molecule has 12 nitrogen and oxygen atoms in total. The molecule has 2 aliphatic heterocycles. The Morgan fingerprint density at radius 1 is 0.980 bits per heavy atom. The molecule has 0 radical (unpaired) electrons. The van der Waals surface area contributed by atoms with Gasteiger partial charge in [-0.15, -0.1) is 0 Å². The van der Waals surface area contributed by atoms with Crippen LogP contribution in [0.25, 0.3) is 32.2 Å². The lowest BCUT2D eigenvalue weighted by atomic mass is 10.0. The fourth-order valence-corrected chi connectivity index (χ4v) is 7.48. The number of halogens is 2. The molecule has 0 aliphatic carbocycles. The number of anilines is 2. The third-order valence-electron chi connectivity index (χ3n) is 8.66. The number of rotatable bonds is 6. The number of carbonyl (C=O) groups excluding carboxylic acids is 2. The van der Waals surface area contributed by atoms with Crippen LogP contribution in [0.2, 0.25) is 5.02 Å². The third-order valence-corrected chi connectivity index (χ3v) is 9.90. The van der Waals surface area contributed by atoms with Crippen LogP contribution in [0.5, 0.6) is 6.01 Å². The van der Waals surface area contributed by atoms with Gasteiger partial charge in [-0.25, -0.2) is 19.0 Å². The zero-order chi connectivity index (χ0) is 36.7. The zero-order valence-corrected chi connectivity index (χ0v) is 31.7. The second-order valence-electron chi connectivity index (χ2n) is 15.0. The van der Waals surface area contributed by atoms with Gasteiger partial charge in [0.1, 0.15) is 29.1 Å². The summed E-state index contributed by atoms with van der Waals surface area (Å²) < 4.78 is 35.0. The summed E-state index contributed by atoms with van der Waals surface area (Å²) in [6.07, 6.45) is 1.69. The number of likely N-dealkylation sites (N-methyl/N-ethyl adjacent to an activating group) is 1. The lowest BCUT2D eigenvalue weighted by Crippen LogP contribution is -2.39. The SMILES string of the molecule is CN1CCC[C@H]1COc1nc(N2CCCN(C(=O)OC(C)(C)C)CC2)c2cc(Cl)c(-c3cccc4sc(NC(=O)OC(C)(C)C)nc34)c(F)c2n1. The number of thiazole rings is 1. The number of hydrogen-bond acceptors (Lipinski definition) is 11. The number of amides is 2. The van der Waals surface area contributed by atoms with E-state index in [2.05, 4.69) is 27.2 Å². The fraction of sp³-hybridized carbons (Fsp3) is 0.528. The molecule has 274 valence electrons. The van der Waals surface area contributed by atoms with Crippen LogP contribution >= 0.6 is 22.9 Å². The third kappa shape index (κ3) is 8.56. The second kappa shape index (κ2) is 14.5. The minimum Gasteiger partial charge on any atom is -0.462 e. The normalized spacial score (nSPS) is 17.5. The largest absolute Gasteiger partial charge is 0.462 e. The van der Waals surface area contributed by atoms with Gasteiger partial charge in [-0.05, 0) is 86.5 Å². The predicted octanol–water partition coefficient (Wildman–Crippen LogP) is 7.97. The zero-order valence-electron chi connectivity index (χ0n) is 30.1. The van der Waals surface area contributed by atoms with Gasteiger partial charge in [-0.3, -0.25) is 5.32 Å². The molecule has 2 aromatic heterocycles. The molecule has 0 unspecified atom stereocenters. The summed E-state index contributed by atoms with van der Waals surface area (Å²) in [6.45, 7) is 14.1. The summed E-state index contributed by atoms with van der Waals surface area (Å²) in [5, 5.41) is 3.57. The Bertz CT molecular complexity index is 1950. The average molecular weight is 742 g/mol. The van der Waals surface area contributed by atoms with Gasteiger partial charge in [0.25, 0.3) is 0 Å². The molecular formula is C36H45ClFN7O5S. The first kappa shape index (κ1) is 36.8. The maximum absolute atomic E-state index is 17.0. The molecule has 2 aliphatic rings. The van der Waals surface area contributed by atoms with E-state index in [1.165, 1.54) is 11.3 Å². The summed E-state index contributed by atoms with van der Waals surface area (Å²) in [5.74, 6) is -0.166. The first-order valence-electron chi connectivity index (χ1n) is 17.2. The van der Waals surface area contributed by atoms with Crippen molar-refractivity contribution in [2.45, 2.75) is 78.0 Å². The fourth-order valence-electron chi connectivity index (χ4n) is 6.31. The van der Waals surface area contributed by atoms with E-state index in [-0.39, 0.29) is 34.2 Å². The highest BCUT2D eigenvalue weighted by Crippen LogP contribution is 2.42. The highest BCUT2D eigenvalue weighted by Gasteiger charge is 2.29. The number of carbonyl (C=O) groups is 2. The molecule has 2 amide bonds. The maximum atomic E-state index is 17.0. The van der Waals surface area contributed by atoms with Gasteiger partial charge in [0.2, 0.25) is 0 Å². The number of fused-ring (bicyclic) bond motifs is 2. The van der Waals surface area contributed by atoms with Crippen LogP contribution in [0.1, 0.15) is 60.8 Å². The predicted molar refractivity (Wildman–Crippen MR) is 199 cm³/mol. The van der Waals surface area contributed by atoms with Crippen molar-refractivity contribution in [3.05, 3.63) is 35.1 Å². The maximum Gasteiger partial charge on any atom is 0.413 e. The quantitative estimate of drug-likeness (QED) is 0.208. The Hall–Kier alpha value is -4.01. The Morgan fingerprint density at radius 2 is 1.75 bits per heavy atom. The van der Waals surface area contributed by atoms with Gasteiger partial charge < -0.3 is 28.9 Å². The van der Waals surface area contributed by atoms with Gasteiger partial charge >= 0.3 is 18.2 Å². The first-order chi connectivity index (χ1) is 24.1. The lowest BCUT2D eigenvalue weighted by Gasteiger charge is -2.27. The molecule has 4 heterocycles. The molecule has 51 heavy (non-hydrogen) atoms. The van der Waals surface area contributed by atoms with Crippen LogP contribution in [0.15, 0.2) is 24.3 Å². The summed E-state index contributed by atoms with van der Waals surface area (Å²) in [4.78, 5) is 45.4. The van der Waals surface area contributed by atoms with E-state index in [9.17, 15) is 9.59 Å². The van der Waals surface area contributed by atoms with E-state index in [1.807, 2.05) is 31.7 Å². The summed E-state index contributed by atoms with van der Waals surface area (Å²) in [5.41, 5.74) is -0.198. The second-order valence-corrected chi connectivity index (χ2v) is 16.4. The molecule has 2 fully saturated rings. The van der Waals surface area contributed by atoms with Crippen molar-refractivity contribution in [3.8, 4) is 17.1 Å². The Balaban J connectivity index is 1.39. The molecule has 6 rings (SSSR count). The number of para-hydroxylation sites is 1. The van der Waals surface area contributed by atoms with Gasteiger partial charge in [0, 0.05) is 48.7 Å². The monoisotopic (exact) mass is 741 g/mol. The number of aromatic nitrogens is 3. The first-order valence-corrected chi connectivity index (χ1v) is 18.4. The molecular weight excluding hydrogens is 697 g/mol. The van der Waals surface area contributed by atoms with Crippen LogP contribution in [0.3, 0.4) is 0 Å². The molecule has 1 N–H and O–H groups in total. The lowest BCUT2D eigenvalue weighted by molar-refractivity contribution is 0.0263. The van der Waals surface area contributed by atoms with Gasteiger partial charge in [0.05, 0.1) is 15.2 Å². The molecule has 15 heteroatoms. The number of likely N-dealkylation sites (tertiary alicyclic amines) is 1. The van der Waals surface area contributed by atoms with E-state index >= 15 is 4.39 Å². The molecule has 0 saturated carbocycles. The van der Waals surface area contributed by atoms with E-state index in [0.29, 0.717) is 66.6 Å². The molecule has 0 spiro atoms. The number of benzene rings is 2. The van der Waals surface area contributed by atoms with Crippen LogP contribution in [-0.2, 0) is 9.47 Å². The molecule has 1 atom stereocenters. The highest BCUT2D eigenvalue weighted by molar-refractivity contribution is 7.22. The van der Waals surface area contributed by atoms with Crippen molar-refractivity contribution in [2.24, 2.45) is 0 Å². The Morgan fingerprint density at radius 3 is 2.45 bits per heavy atom. The van der Waals surface area contributed by atoms with E-state index in [4.69, 9.17) is 30.8 Å². The van der Waals surface area contributed by atoms with E-state index < -0.39 is 23.1 Å². The highest BCUT2D eigenvalue weighted by atomic mass is 35.5. The van der Waals surface area contributed by atoms with Crippen LogP contribution in [0, 0.1) is 5.82 Å². The van der Waals surface area contributed by atoms with Crippen molar-refractivity contribution in [1.82, 2.24) is 24.8 Å². The molecule has 4 aromatic rings. The molecule has 2 saturated heterocycles. The minimum absolute atomic E-state index is 0.0572. The standard InChI is InChI=1S/C36H45ClFN7O5S/c1-35(2,3)49-33(46)42-32-40-28-22(12-8-13-25(28)51-32)26-24(37)19-23-29(27(26)38)39-31(48-20-21-11-9-14-43(21)7)41-30(23)44-15-10-16-45(18-17-44)34(47)50-36(4,5)6/h8,12-13,19,21H,9-11,14-18,20H2,1-7H3,(H,40,42,46)/t21-/m0/s1. The van der Waals surface area contributed by atoms with Gasteiger partial charge in [0.15, 0.2) is 10.9 Å². The van der Waals surface area contributed by atoms with E-state index in [0.717, 1.165) is 24.1 Å². The minimum atomic E-state index is -0.686. The smallest absolute Gasteiger partial charge is 0.413 e. The van der Waals surface area contributed by atoms with Crippen molar-refractivity contribution in [2.75, 3.05) is 56.6 Å². The number of ether oxygens (including phenoxy) is 3. The van der Waals surface area contributed by atoms with E-state index in [1.54, 1.807) is 43.9 Å². The van der Waals surface area contributed by atoms with Crippen molar-refractivity contribution < 1.29 is 28.2 Å². The Labute approximate surface area is 306 Å². The van der Waals surface area contributed by atoms with Gasteiger partial charge in [-0.2, -0.15) is 9.97 Å².